The average Bonchev–Trinajstić information content (AvgIpc) is 2.50. The maximum Gasteiger partial charge on any atom is 0.273 e. The summed E-state index contributed by atoms with van der Waals surface area (Å²) in [5, 5.41) is 17.7. The van der Waals surface area contributed by atoms with E-state index in [9.17, 15) is 9.59 Å². The molecule has 7 heteroatoms. The van der Waals surface area contributed by atoms with Gasteiger partial charge in [-0.15, -0.1) is 0 Å². The van der Waals surface area contributed by atoms with Crippen molar-refractivity contribution >= 4 is 12.6 Å². The van der Waals surface area contributed by atoms with Crippen LogP contribution in [0.25, 0.3) is 0 Å². The first kappa shape index (κ1) is 16.1. The van der Waals surface area contributed by atoms with E-state index >= 15 is 0 Å². The zero-order valence-corrected chi connectivity index (χ0v) is 10.8. The van der Waals surface area contributed by atoms with Gasteiger partial charge in [0.15, 0.2) is 11.5 Å². The molecule has 109 valence electrons. The maximum atomic E-state index is 10.7. The van der Waals surface area contributed by atoms with E-state index in [1.807, 2.05) is 0 Å². The van der Waals surface area contributed by atoms with Crippen molar-refractivity contribution < 1.29 is 34.0 Å². The Balaban J connectivity index is 2.73. The van der Waals surface area contributed by atoms with Crippen molar-refractivity contribution in [3.8, 4) is 11.5 Å². The number of hydrogen-bond acceptors (Lipinski definition) is 7. The summed E-state index contributed by atoms with van der Waals surface area (Å²) in [6.07, 6.45) is -0.359. The van der Waals surface area contributed by atoms with Crippen LogP contribution in [0.15, 0.2) is 18.2 Å². The molecular weight excluding hydrogens is 268 g/mol. The zero-order valence-electron chi connectivity index (χ0n) is 10.8. The lowest BCUT2D eigenvalue weighted by Gasteiger charge is -2.17. The van der Waals surface area contributed by atoms with Crippen LogP contribution < -0.4 is 9.47 Å². The van der Waals surface area contributed by atoms with Gasteiger partial charge in [-0.1, -0.05) is 0 Å². The molecule has 0 aliphatic heterocycles. The number of benzene rings is 1. The topological polar surface area (TPSA) is 102 Å². The average molecular weight is 283 g/mol. The third-order valence-corrected chi connectivity index (χ3v) is 2.30. The molecule has 2 unspecified atom stereocenters. The molecule has 0 aromatic heterocycles. The first-order chi connectivity index (χ1) is 9.64. The van der Waals surface area contributed by atoms with Crippen molar-refractivity contribution in [2.75, 3.05) is 20.3 Å². The highest BCUT2D eigenvalue weighted by molar-refractivity contribution is 5.76. The second-order valence-electron chi connectivity index (χ2n) is 3.77. The highest BCUT2D eigenvalue weighted by atomic mass is 16.7. The molecule has 0 aliphatic carbocycles. The van der Waals surface area contributed by atoms with Gasteiger partial charge < -0.3 is 24.4 Å². The van der Waals surface area contributed by atoms with Crippen LogP contribution in [0.3, 0.4) is 0 Å². The molecule has 1 aromatic carbocycles. The smallest absolute Gasteiger partial charge is 0.273 e. The zero-order chi connectivity index (χ0) is 15.0. The molecule has 0 fully saturated rings. The van der Waals surface area contributed by atoms with Crippen LogP contribution in [0.5, 0.6) is 11.5 Å². The Morgan fingerprint density at radius 3 is 2.70 bits per heavy atom. The molecule has 0 bridgehead atoms. The van der Waals surface area contributed by atoms with E-state index in [1.54, 1.807) is 0 Å². The number of aliphatic hydroxyl groups is 2. The van der Waals surface area contributed by atoms with Crippen LogP contribution in [0.1, 0.15) is 10.4 Å². The molecule has 1 aromatic rings. The number of aldehydes is 1. The van der Waals surface area contributed by atoms with Crippen molar-refractivity contribution in [1.29, 1.82) is 0 Å². The normalized spacial score (nSPS) is 13.3. The Hall–Kier alpha value is -1.96. The number of hydrogen-bond donors (Lipinski definition) is 2. The molecule has 0 spiro atoms. The van der Waals surface area contributed by atoms with Gasteiger partial charge in [-0.2, -0.15) is 0 Å². The van der Waals surface area contributed by atoms with Crippen molar-refractivity contribution in [1.82, 2.24) is 0 Å². The summed E-state index contributed by atoms with van der Waals surface area (Å²) in [4.78, 5) is 21.4. The number of carbonyl (C=O) groups is 1. The fraction of sp³-hybridized carbons (Fsp3) is 0.385. The highest BCUT2D eigenvalue weighted by Gasteiger charge is 2.16. The fourth-order valence-corrected chi connectivity index (χ4v) is 1.31. The van der Waals surface area contributed by atoms with Gasteiger partial charge in [0.1, 0.15) is 12.4 Å². The Bertz CT molecular complexity index is 446. The van der Waals surface area contributed by atoms with Gasteiger partial charge >= 0.3 is 0 Å². The van der Waals surface area contributed by atoms with E-state index in [-0.39, 0.29) is 18.1 Å². The number of carbonyl (C=O) groups excluding carboxylic acids is 2. The van der Waals surface area contributed by atoms with Crippen LogP contribution in [0.2, 0.25) is 0 Å². The van der Waals surface area contributed by atoms with Crippen LogP contribution in [-0.2, 0) is 9.53 Å². The molecule has 2 N–H and O–H groups in total. The summed E-state index contributed by atoms with van der Waals surface area (Å²) in [6.45, 7) is -0.784. The van der Waals surface area contributed by atoms with Crippen LogP contribution in [0.4, 0.5) is 0 Å². The second kappa shape index (κ2) is 8.26. The van der Waals surface area contributed by atoms with E-state index < -0.39 is 19.0 Å². The third kappa shape index (κ3) is 4.61. The quantitative estimate of drug-likeness (QED) is 0.473. The van der Waals surface area contributed by atoms with Crippen molar-refractivity contribution in [2.45, 2.75) is 12.4 Å². The lowest BCUT2D eigenvalue weighted by atomic mass is 10.2. The summed E-state index contributed by atoms with van der Waals surface area (Å²) >= 11 is 0. The second-order valence-corrected chi connectivity index (χ2v) is 3.77. The molecule has 0 aliphatic rings. The summed E-state index contributed by atoms with van der Waals surface area (Å²) in [5.41, 5.74) is 0.387. The van der Waals surface area contributed by atoms with Gasteiger partial charge in [0.05, 0.1) is 20.3 Å². The van der Waals surface area contributed by atoms with Crippen LogP contribution in [-0.4, -0.2) is 55.5 Å². The predicted octanol–water partition coefficient (Wildman–Crippen LogP) is -0.308. The molecule has 1 rings (SSSR count). The van der Waals surface area contributed by atoms with Gasteiger partial charge in [0.2, 0.25) is 0 Å². The van der Waals surface area contributed by atoms with Crippen LogP contribution in [0, 0.1) is 0 Å². The Labute approximate surface area is 115 Å². The first-order valence-electron chi connectivity index (χ1n) is 5.72. The molecule has 0 saturated carbocycles. The van der Waals surface area contributed by atoms with E-state index in [0.717, 1.165) is 0 Å². The van der Waals surface area contributed by atoms with Crippen molar-refractivity contribution in [3.63, 3.8) is 0 Å². The number of ether oxygens (including phenoxy) is 3. The maximum absolute atomic E-state index is 10.7. The molecule has 2 atom stereocenters. The lowest BCUT2D eigenvalue weighted by Crippen LogP contribution is -2.29. The van der Waals surface area contributed by atoms with Crippen molar-refractivity contribution in [2.24, 2.45) is 0 Å². The number of methoxy groups -OCH3 is 1. The molecular formula is C13H15O7. The van der Waals surface area contributed by atoms with Gasteiger partial charge in [0, 0.05) is 5.56 Å². The minimum Gasteiger partial charge on any atom is -0.493 e. The minimum absolute atomic E-state index is 0.185. The van der Waals surface area contributed by atoms with Gasteiger partial charge in [-0.3, -0.25) is 9.59 Å². The largest absolute Gasteiger partial charge is 0.493 e. The Kier molecular flexibility index (Phi) is 6.65. The molecule has 0 saturated heterocycles. The van der Waals surface area contributed by atoms with E-state index in [2.05, 4.69) is 0 Å². The first-order valence-corrected chi connectivity index (χ1v) is 5.72. The third-order valence-electron chi connectivity index (χ3n) is 2.30. The van der Waals surface area contributed by atoms with Gasteiger partial charge in [-0.25, -0.2) is 0 Å². The SMILES string of the molecule is COc1cc(C=O)ccc1OC([C]=O)OCC(O)CO. The van der Waals surface area contributed by atoms with E-state index in [0.29, 0.717) is 11.8 Å². The number of rotatable bonds is 9. The standard InChI is InChI=1S/C13H15O7/c1-18-12-4-9(5-14)2-3-11(12)20-13(7-16)19-8-10(17)6-15/h2-5,10,13,15,17H,6,8H2,1H3. The summed E-state index contributed by atoms with van der Waals surface area (Å²) in [5.74, 6) is 0.436. The minimum atomic E-state index is -1.38. The molecule has 1 radical (unpaired) electrons. The van der Waals surface area contributed by atoms with Crippen LogP contribution >= 0.6 is 0 Å². The lowest BCUT2D eigenvalue weighted by molar-refractivity contribution is -0.0760. The van der Waals surface area contributed by atoms with Gasteiger partial charge in [-0.05, 0) is 18.2 Å². The molecule has 0 heterocycles. The summed E-state index contributed by atoms with van der Waals surface area (Å²) in [6, 6.07) is 4.36. The Morgan fingerprint density at radius 1 is 1.40 bits per heavy atom. The Morgan fingerprint density at radius 2 is 2.15 bits per heavy atom. The molecule has 20 heavy (non-hydrogen) atoms. The van der Waals surface area contributed by atoms with Gasteiger partial charge in [0.25, 0.3) is 12.6 Å². The van der Waals surface area contributed by atoms with E-state index in [1.165, 1.54) is 31.6 Å². The summed E-state index contributed by atoms with van der Waals surface area (Å²) < 4.78 is 15.1. The number of aliphatic hydroxyl groups excluding tert-OH is 2. The summed E-state index contributed by atoms with van der Waals surface area (Å²) in [7, 11) is 1.38. The fourth-order valence-electron chi connectivity index (χ4n) is 1.31. The monoisotopic (exact) mass is 283 g/mol. The highest BCUT2D eigenvalue weighted by Crippen LogP contribution is 2.28. The predicted molar refractivity (Wildman–Crippen MR) is 67.5 cm³/mol. The molecule has 0 amide bonds. The van der Waals surface area contributed by atoms with E-state index in [4.69, 9.17) is 24.4 Å². The molecule has 7 nitrogen and oxygen atoms in total. The van der Waals surface area contributed by atoms with Crippen molar-refractivity contribution in [3.05, 3.63) is 23.8 Å².